The van der Waals surface area contributed by atoms with Crippen molar-refractivity contribution in [2.75, 3.05) is 33.4 Å². The summed E-state index contributed by atoms with van der Waals surface area (Å²) in [5.74, 6) is -0.959. The maximum Gasteiger partial charge on any atom is 0.432 e. The first-order chi connectivity index (χ1) is 14.3. The summed E-state index contributed by atoms with van der Waals surface area (Å²) < 4.78 is 57.2. The number of methoxy groups -OCH3 is 1. The zero-order chi connectivity index (χ0) is 21.5. The molecule has 1 aromatic carbocycles. The topological polar surface area (TPSA) is 74.1 Å². The van der Waals surface area contributed by atoms with Gasteiger partial charge in [-0.25, -0.2) is 0 Å². The molecule has 164 valence electrons. The Labute approximate surface area is 171 Å². The number of morpholine rings is 1. The summed E-state index contributed by atoms with van der Waals surface area (Å²) in [6.07, 6.45) is -4.18. The highest BCUT2D eigenvalue weighted by Crippen LogP contribution is 2.51. The fourth-order valence-corrected chi connectivity index (χ4v) is 4.82. The molecule has 1 saturated heterocycles. The van der Waals surface area contributed by atoms with Crippen LogP contribution < -0.4 is 9.47 Å². The third-order valence-electron chi connectivity index (χ3n) is 6.09. The summed E-state index contributed by atoms with van der Waals surface area (Å²) in [6.45, 7) is 2.27. The van der Waals surface area contributed by atoms with E-state index in [2.05, 4.69) is 4.90 Å². The summed E-state index contributed by atoms with van der Waals surface area (Å²) >= 11 is 0. The Balaban J connectivity index is 1.81. The highest BCUT2D eigenvalue weighted by atomic mass is 19.4. The van der Waals surface area contributed by atoms with Crippen molar-refractivity contribution in [3.8, 4) is 11.5 Å². The normalized spacial score (nSPS) is 29.1. The second-order valence-corrected chi connectivity index (χ2v) is 7.70. The van der Waals surface area contributed by atoms with E-state index in [0.29, 0.717) is 50.5 Å². The maximum atomic E-state index is 13.8. The first kappa shape index (κ1) is 20.8. The Morgan fingerprint density at radius 3 is 2.63 bits per heavy atom. The third-order valence-corrected chi connectivity index (χ3v) is 6.09. The lowest BCUT2D eigenvalue weighted by Gasteiger charge is -2.41. The molecule has 0 amide bonds. The van der Waals surface area contributed by atoms with E-state index in [1.807, 2.05) is 6.08 Å². The van der Waals surface area contributed by atoms with Gasteiger partial charge in [0.05, 0.1) is 26.2 Å². The number of benzene rings is 1. The van der Waals surface area contributed by atoms with Crippen LogP contribution in [0.4, 0.5) is 13.2 Å². The number of nitrogens with zero attached hydrogens (tertiary/aromatic N) is 2. The van der Waals surface area contributed by atoms with Crippen LogP contribution in [0.3, 0.4) is 0 Å². The Bertz CT molecular complexity index is 838. The van der Waals surface area contributed by atoms with E-state index >= 15 is 0 Å². The fraction of sp³-hybridized carbons (Fsp3) is 0.600. The number of ether oxygens (including phenoxy) is 3. The number of hydrogen-bond donors (Lipinski definition) is 0. The zero-order valence-electron chi connectivity index (χ0n) is 16.4. The Kier molecular flexibility index (Phi) is 5.52. The van der Waals surface area contributed by atoms with Crippen molar-refractivity contribution < 1.29 is 32.3 Å². The van der Waals surface area contributed by atoms with Gasteiger partial charge in [0, 0.05) is 35.2 Å². The van der Waals surface area contributed by atoms with E-state index < -0.39 is 35.1 Å². The third kappa shape index (κ3) is 3.68. The van der Waals surface area contributed by atoms with Crippen LogP contribution in [0.2, 0.25) is 0 Å². The molecule has 0 aromatic heterocycles. The molecule has 4 rings (SSSR count). The standard InChI is InChI=1S/C20H23F3N2O5/c1-28-12-5-6-16-14(11-12)17(18(25(26)27)19(30-16)20(21,22)23)13-3-2-4-15(13)24-7-9-29-10-8-24/h4-6,11,13,17-19H,2-3,7-10H2,1H3/t13-,17-,18+,19-/m1/s1. The largest absolute Gasteiger partial charge is 0.497 e. The van der Waals surface area contributed by atoms with Gasteiger partial charge in [0.25, 0.3) is 12.1 Å². The van der Waals surface area contributed by atoms with Crippen LogP contribution >= 0.6 is 0 Å². The Morgan fingerprint density at radius 1 is 1.27 bits per heavy atom. The quantitative estimate of drug-likeness (QED) is 0.541. The van der Waals surface area contributed by atoms with E-state index in [4.69, 9.17) is 14.2 Å². The molecule has 0 N–H and O–H groups in total. The van der Waals surface area contributed by atoms with Gasteiger partial charge in [-0.2, -0.15) is 13.2 Å². The smallest absolute Gasteiger partial charge is 0.432 e. The predicted molar refractivity (Wildman–Crippen MR) is 100 cm³/mol. The van der Waals surface area contributed by atoms with Gasteiger partial charge in [0.1, 0.15) is 11.5 Å². The second kappa shape index (κ2) is 7.98. The first-order valence-electron chi connectivity index (χ1n) is 9.89. The maximum absolute atomic E-state index is 13.8. The van der Waals surface area contributed by atoms with Crippen molar-refractivity contribution in [2.24, 2.45) is 5.92 Å². The lowest BCUT2D eigenvalue weighted by molar-refractivity contribution is -0.550. The van der Waals surface area contributed by atoms with E-state index in [0.717, 1.165) is 5.70 Å². The van der Waals surface area contributed by atoms with Gasteiger partial charge in [-0.1, -0.05) is 6.08 Å². The van der Waals surface area contributed by atoms with E-state index in [1.165, 1.54) is 19.2 Å². The number of nitro groups is 1. The first-order valence-corrected chi connectivity index (χ1v) is 9.89. The molecule has 7 nitrogen and oxygen atoms in total. The summed E-state index contributed by atoms with van der Waals surface area (Å²) in [5.41, 5.74) is 1.26. The number of fused-ring (bicyclic) bond motifs is 1. The Morgan fingerprint density at radius 2 is 2.00 bits per heavy atom. The molecule has 0 saturated carbocycles. The van der Waals surface area contributed by atoms with Crippen molar-refractivity contribution in [3.05, 3.63) is 45.6 Å². The van der Waals surface area contributed by atoms with Crippen LogP contribution in [-0.2, 0) is 4.74 Å². The van der Waals surface area contributed by atoms with Crippen molar-refractivity contribution in [2.45, 2.75) is 37.1 Å². The highest BCUT2D eigenvalue weighted by molar-refractivity contribution is 5.46. The van der Waals surface area contributed by atoms with Gasteiger partial charge in [-0.3, -0.25) is 10.1 Å². The van der Waals surface area contributed by atoms with Crippen molar-refractivity contribution in [3.63, 3.8) is 0 Å². The molecule has 1 aromatic rings. The highest BCUT2D eigenvalue weighted by Gasteiger charge is 2.61. The molecule has 0 bridgehead atoms. The van der Waals surface area contributed by atoms with Crippen LogP contribution in [0.15, 0.2) is 30.0 Å². The summed E-state index contributed by atoms with van der Waals surface area (Å²) in [7, 11) is 1.44. The van der Waals surface area contributed by atoms with Crippen LogP contribution in [0.25, 0.3) is 0 Å². The van der Waals surface area contributed by atoms with Crippen molar-refractivity contribution in [1.29, 1.82) is 0 Å². The zero-order valence-corrected chi connectivity index (χ0v) is 16.4. The number of allylic oxidation sites excluding steroid dienone is 2. The summed E-state index contributed by atoms with van der Waals surface area (Å²) in [4.78, 5) is 13.2. The fourth-order valence-electron chi connectivity index (χ4n) is 4.82. The number of hydrogen-bond acceptors (Lipinski definition) is 6. The molecule has 0 unspecified atom stereocenters. The molecule has 4 atom stereocenters. The van der Waals surface area contributed by atoms with Crippen molar-refractivity contribution >= 4 is 0 Å². The number of alkyl halides is 3. The van der Waals surface area contributed by atoms with Gasteiger partial charge in [0.2, 0.25) is 0 Å². The SMILES string of the molecule is COc1ccc2c(c1)[C@@H]([C@@H]1CCC=C1N1CCOCC1)[C@H]([N+](=O)[O-])[C@H](C(F)(F)F)O2. The van der Waals surface area contributed by atoms with E-state index in [1.54, 1.807) is 6.07 Å². The summed E-state index contributed by atoms with van der Waals surface area (Å²) in [5, 5.41) is 12.0. The number of rotatable bonds is 4. The molecule has 0 spiro atoms. The molecule has 10 heteroatoms. The molecular weight excluding hydrogens is 405 g/mol. The van der Waals surface area contributed by atoms with Gasteiger partial charge < -0.3 is 19.1 Å². The predicted octanol–water partition coefficient (Wildman–Crippen LogP) is 3.37. The molecular formula is C20H23F3N2O5. The minimum atomic E-state index is -4.87. The molecule has 1 aliphatic carbocycles. The Hall–Kier alpha value is -2.49. The van der Waals surface area contributed by atoms with Gasteiger partial charge >= 0.3 is 6.18 Å². The second-order valence-electron chi connectivity index (χ2n) is 7.70. The average Bonchev–Trinajstić information content (AvgIpc) is 3.21. The van der Waals surface area contributed by atoms with Gasteiger partial charge in [0.15, 0.2) is 0 Å². The van der Waals surface area contributed by atoms with E-state index in [-0.39, 0.29) is 5.75 Å². The molecule has 1 fully saturated rings. The lowest BCUT2D eigenvalue weighted by atomic mass is 9.74. The van der Waals surface area contributed by atoms with Gasteiger partial charge in [-0.05, 0) is 31.0 Å². The molecule has 2 heterocycles. The average molecular weight is 428 g/mol. The van der Waals surface area contributed by atoms with Crippen LogP contribution in [-0.4, -0.2) is 61.6 Å². The van der Waals surface area contributed by atoms with Crippen LogP contribution in [0.5, 0.6) is 11.5 Å². The molecule has 0 radical (unpaired) electrons. The molecule has 2 aliphatic heterocycles. The minimum absolute atomic E-state index is 0.0226. The monoisotopic (exact) mass is 428 g/mol. The minimum Gasteiger partial charge on any atom is -0.497 e. The molecule has 30 heavy (non-hydrogen) atoms. The van der Waals surface area contributed by atoms with Crippen molar-refractivity contribution in [1.82, 2.24) is 4.90 Å². The number of halogens is 3. The van der Waals surface area contributed by atoms with Crippen LogP contribution in [0, 0.1) is 16.0 Å². The van der Waals surface area contributed by atoms with Gasteiger partial charge in [-0.15, -0.1) is 0 Å². The van der Waals surface area contributed by atoms with E-state index in [9.17, 15) is 23.3 Å². The van der Waals surface area contributed by atoms with Crippen LogP contribution in [0.1, 0.15) is 24.3 Å². The molecule has 3 aliphatic rings. The summed E-state index contributed by atoms with van der Waals surface area (Å²) in [6, 6.07) is 2.53. The lowest BCUT2D eigenvalue weighted by Crippen LogP contribution is -2.55.